The van der Waals surface area contributed by atoms with Crippen LogP contribution in [0.4, 0.5) is 5.69 Å². The number of hydrogen-bond donors (Lipinski definition) is 2. The lowest BCUT2D eigenvalue weighted by atomic mass is 10.3. The molecule has 16 heavy (non-hydrogen) atoms. The zero-order valence-corrected chi connectivity index (χ0v) is 9.43. The summed E-state index contributed by atoms with van der Waals surface area (Å²) in [6, 6.07) is 9.88. The van der Waals surface area contributed by atoms with Gasteiger partial charge in [0.05, 0.1) is 12.7 Å². The smallest absolute Gasteiger partial charge is 0.0945 e. The first-order valence-electron chi connectivity index (χ1n) is 5.89. The minimum Gasteiger partial charge on any atom is -0.389 e. The Morgan fingerprint density at radius 2 is 2.06 bits per heavy atom. The Labute approximate surface area is 96.4 Å². The fraction of sp³-hybridized carbons (Fsp3) is 0.538. The van der Waals surface area contributed by atoms with Crippen LogP contribution >= 0.6 is 0 Å². The number of hydrogen-bond acceptors (Lipinski definition) is 3. The minimum atomic E-state index is -0.432. The second-order valence-corrected chi connectivity index (χ2v) is 4.38. The standard InChI is InChI=1S/C13H19NO2/c15-13(10-16-9-11-6-7-11)8-14-12-4-2-1-3-5-12/h1-5,11,13-15H,6-10H2. The van der Waals surface area contributed by atoms with Gasteiger partial charge in [-0.25, -0.2) is 0 Å². The Balaban J connectivity index is 1.57. The predicted octanol–water partition coefficient (Wildman–Crippen LogP) is 1.89. The number of anilines is 1. The zero-order chi connectivity index (χ0) is 11.2. The number of nitrogens with one attached hydrogen (secondary N) is 1. The van der Waals surface area contributed by atoms with Gasteiger partial charge in [-0.05, 0) is 30.9 Å². The van der Waals surface area contributed by atoms with E-state index in [0.29, 0.717) is 13.2 Å². The van der Waals surface area contributed by atoms with Crippen LogP contribution in [-0.2, 0) is 4.74 Å². The summed E-state index contributed by atoms with van der Waals surface area (Å²) in [5, 5.41) is 12.8. The van der Waals surface area contributed by atoms with Crippen molar-refractivity contribution in [2.24, 2.45) is 5.92 Å². The summed E-state index contributed by atoms with van der Waals surface area (Å²) in [6.07, 6.45) is 2.15. The molecular formula is C13H19NO2. The molecule has 2 N–H and O–H groups in total. The lowest BCUT2D eigenvalue weighted by Gasteiger charge is -2.13. The molecule has 3 heteroatoms. The molecular weight excluding hydrogens is 202 g/mol. The molecule has 88 valence electrons. The van der Waals surface area contributed by atoms with Gasteiger partial charge in [-0.15, -0.1) is 0 Å². The maximum Gasteiger partial charge on any atom is 0.0945 e. The summed E-state index contributed by atoms with van der Waals surface area (Å²) < 4.78 is 5.42. The lowest BCUT2D eigenvalue weighted by molar-refractivity contribution is 0.0386. The molecule has 0 radical (unpaired) electrons. The highest BCUT2D eigenvalue weighted by molar-refractivity contribution is 5.42. The van der Waals surface area contributed by atoms with Crippen molar-refractivity contribution in [3.05, 3.63) is 30.3 Å². The van der Waals surface area contributed by atoms with Crippen LogP contribution in [0.3, 0.4) is 0 Å². The average Bonchev–Trinajstić information content (AvgIpc) is 3.12. The molecule has 1 atom stereocenters. The Hall–Kier alpha value is -1.06. The molecule has 0 bridgehead atoms. The average molecular weight is 221 g/mol. The molecule has 0 saturated heterocycles. The molecule has 0 heterocycles. The van der Waals surface area contributed by atoms with Gasteiger partial charge in [-0.3, -0.25) is 0 Å². The summed E-state index contributed by atoms with van der Waals surface area (Å²) in [4.78, 5) is 0. The van der Waals surface area contributed by atoms with Crippen LogP contribution < -0.4 is 5.32 Å². The van der Waals surface area contributed by atoms with E-state index >= 15 is 0 Å². The second-order valence-electron chi connectivity index (χ2n) is 4.38. The van der Waals surface area contributed by atoms with E-state index in [4.69, 9.17) is 4.74 Å². The fourth-order valence-electron chi connectivity index (χ4n) is 1.51. The normalized spacial score (nSPS) is 17.1. The van der Waals surface area contributed by atoms with E-state index in [1.165, 1.54) is 12.8 Å². The van der Waals surface area contributed by atoms with Crippen LogP contribution in [0.15, 0.2) is 30.3 Å². The number of aliphatic hydroxyl groups excluding tert-OH is 1. The zero-order valence-electron chi connectivity index (χ0n) is 9.43. The highest BCUT2D eigenvalue weighted by atomic mass is 16.5. The minimum absolute atomic E-state index is 0.427. The van der Waals surface area contributed by atoms with Gasteiger partial charge in [0.2, 0.25) is 0 Å². The molecule has 3 nitrogen and oxygen atoms in total. The van der Waals surface area contributed by atoms with E-state index in [-0.39, 0.29) is 0 Å². The van der Waals surface area contributed by atoms with Crippen molar-refractivity contribution in [3.8, 4) is 0 Å². The van der Waals surface area contributed by atoms with Gasteiger partial charge in [0, 0.05) is 18.8 Å². The third-order valence-electron chi connectivity index (χ3n) is 2.68. The lowest BCUT2D eigenvalue weighted by Crippen LogP contribution is -2.25. The summed E-state index contributed by atoms with van der Waals surface area (Å²) in [6.45, 7) is 1.77. The van der Waals surface area contributed by atoms with Crippen molar-refractivity contribution in [1.29, 1.82) is 0 Å². The molecule has 1 aromatic rings. The quantitative estimate of drug-likeness (QED) is 0.738. The topological polar surface area (TPSA) is 41.5 Å². The number of aliphatic hydroxyl groups is 1. The second kappa shape index (κ2) is 5.87. The molecule has 1 saturated carbocycles. The van der Waals surface area contributed by atoms with Crippen molar-refractivity contribution in [3.63, 3.8) is 0 Å². The van der Waals surface area contributed by atoms with E-state index in [0.717, 1.165) is 18.2 Å². The van der Waals surface area contributed by atoms with Crippen molar-refractivity contribution >= 4 is 5.69 Å². The Morgan fingerprint density at radius 3 is 2.75 bits per heavy atom. The fourth-order valence-corrected chi connectivity index (χ4v) is 1.51. The molecule has 1 unspecified atom stereocenters. The van der Waals surface area contributed by atoms with Crippen LogP contribution in [0.2, 0.25) is 0 Å². The van der Waals surface area contributed by atoms with Crippen LogP contribution in [0.1, 0.15) is 12.8 Å². The first-order chi connectivity index (χ1) is 7.84. The van der Waals surface area contributed by atoms with Crippen LogP contribution in [-0.4, -0.2) is 31.0 Å². The first-order valence-corrected chi connectivity index (χ1v) is 5.89. The predicted molar refractivity (Wildman–Crippen MR) is 64.5 cm³/mol. The molecule has 0 spiro atoms. The highest BCUT2D eigenvalue weighted by Gasteiger charge is 2.21. The molecule has 1 fully saturated rings. The van der Waals surface area contributed by atoms with Crippen molar-refractivity contribution in [2.75, 3.05) is 25.1 Å². The van der Waals surface area contributed by atoms with Gasteiger partial charge in [0.25, 0.3) is 0 Å². The van der Waals surface area contributed by atoms with E-state index in [2.05, 4.69) is 5.32 Å². The third-order valence-corrected chi connectivity index (χ3v) is 2.68. The van der Waals surface area contributed by atoms with Gasteiger partial charge in [0.1, 0.15) is 0 Å². The maximum absolute atomic E-state index is 9.66. The van der Waals surface area contributed by atoms with Crippen LogP contribution in [0.25, 0.3) is 0 Å². The largest absolute Gasteiger partial charge is 0.389 e. The van der Waals surface area contributed by atoms with E-state index < -0.39 is 6.10 Å². The molecule has 0 aliphatic heterocycles. The molecule has 1 aliphatic carbocycles. The Morgan fingerprint density at radius 1 is 1.31 bits per heavy atom. The van der Waals surface area contributed by atoms with Crippen LogP contribution in [0, 0.1) is 5.92 Å². The third kappa shape index (κ3) is 4.21. The van der Waals surface area contributed by atoms with Gasteiger partial charge in [0.15, 0.2) is 0 Å². The number of ether oxygens (including phenoxy) is 1. The van der Waals surface area contributed by atoms with Crippen molar-refractivity contribution in [1.82, 2.24) is 0 Å². The summed E-state index contributed by atoms with van der Waals surface area (Å²) in [5.41, 5.74) is 1.03. The first kappa shape index (κ1) is 11.4. The Bertz CT molecular complexity index is 298. The molecule has 0 aromatic heterocycles. The summed E-state index contributed by atoms with van der Waals surface area (Å²) in [5.74, 6) is 0.759. The van der Waals surface area contributed by atoms with Crippen LogP contribution in [0.5, 0.6) is 0 Å². The van der Waals surface area contributed by atoms with Gasteiger partial charge in [-0.2, -0.15) is 0 Å². The van der Waals surface area contributed by atoms with Crippen molar-refractivity contribution in [2.45, 2.75) is 18.9 Å². The van der Waals surface area contributed by atoms with E-state index in [9.17, 15) is 5.11 Å². The molecule has 1 aromatic carbocycles. The Kier molecular flexibility index (Phi) is 4.19. The number of benzene rings is 1. The maximum atomic E-state index is 9.66. The number of rotatable bonds is 7. The number of para-hydroxylation sites is 1. The molecule has 1 aliphatic rings. The highest BCUT2D eigenvalue weighted by Crippen LogP contribution is 2.28. The van der Waals surface area contributed by atoms with E-state index in [1.807, 2.05) is 30.3 Å². The summed E-state index contributed by atoms with van der Waals surface area (Å²) in [7, 11) is 0. The monoisotopic (exact) mass is 221 g/mol. The van der Waals surface area contributed by atoms with E-state index in [1.54, 1.807) is 0 Å². The molecule has 0 amide bonds. The van der Waals surface area contributed by atoms with Gasteiger partial charge in [-0.1, -0.05) is 18.2 Å². The van der Waals surface area contributed by atoms with Gasteiger partial charge < -0.3 is 15.2 Å². The molecule has 2 rings (SSSR count). The SMILES string of the molecule is OC(CNc1ccccc1)COCC1CC1. The van der Waals surface area contributed by atoms with Gasteiger partial charge >= 0.3 is 0 Å². The summed E-state index contributed by atoms with van der Waals surface area (Å²) >= 11 is 0. The van der Waals surface area contributed by atoms with Crippen molar-refractivity contribution < 1.29 is 9.84 Å².